The van der Waals surface area contributed by atoms with Gasteiger partial charge in [-0.3, -0.25) is 0 Å². The van der Waals surface area contributed by atoms with E-state index in [9.17, 15) is 0 Å². The Balaban J connectivity index is 1.29. The molecule has 4 aliphatic rings. The average Bonchev–Trinajstić information content (AvgIpc) is 3.02. The highest BCUT2D eigenvalue weighted by Gasteiger charge is 2.50. The van der Waals surface area contributed by atoms with Gasteiger partial charge in [0.2, 0.25) is 0 Å². The molecular formula is C21H26N2. The fourth-order valence-electron chi connectivity index (χ4n) is 5.94. The summed E-state index contributed by atoms with van der Waals surface area (Å²) in [5, 5.41) is 3.98. The van der Waals surface area contributed by atoms with Gasteiger partial charge in [0.25, 0.3) is 0 Å². The van der Waals surface area contributed by atoms with E-state index < -0.39 is 0 Å². The second-order valence-electron chi connectivity index (χ2n) is 8.31. The highest BCUT2D eigenvalue weighted by atomic mass is 15.0. The van der Waals surface area contributed by atoms with Crippen LogP contribution in [-0.4, -0.2) is 10.5 Å². The molecule has 4 bridgehead atoms. The maximum atomic E-state index is 3.98. The lowest BCUT2D eigenvalue weighted by molar-refractivity contribution is -0.0207. The molecule has 0 amide bonds. The van der Waals surface area contributed by atoms with E-state index in [0.29, 0.717) is 5.54 Å². The quantitative estimate of drug-likeness (QED) is 0.839. The van der Waals surface area contributed by atoms with Crippen molar-refractivity contribution in [2.24, 2.45) is 17.8 Å². The van der Waals surface area contributed by atoms with Gasteiger partial charge in [0.05, 0.1) is 0 Å². The Kier molecular flexibility index (Phi) is 3.16. The van der Waals surface area contributed by atoms with Crippen LogP contribution in [0.15, 0.2) is 42.5 Å². The number of benzene rings is 1. The van der Waals surface area contributed by atoms with E-state index in [2.05, 4.69) is 52.8 Å². The highest BCUT2D eigenvalue weighted by Crippen LogP contribution is 2.55. The summed E-state index contributed by atoms with van der Waals surface area (Å²) in [4.78, 5) is 3.60. The number of hydrogen-bond donors (Lipinski definition) is 2. The summed E-state index contributed by atoms with van der Waals surface area (Å²) in [6.07, 6.45) is 8.81. The van der Waals surface area contributed by atoms with E-state index in [1.165, 1.54) is 55.5 Å². The summed E-state index contributed by atoms with van der Waals surface area (Å²) in [7, 11) is 0. The van der Waals surface area contributed by atoms with Gasteiger partial charge in [-0.2, -0.15) is 0 Å². The largest absolute Gasteiger partial charge is 0.357 e. The Bertz CT molecular complexity index is 650. The van der Waals surface area contributed by atoms with Gasteiger partial charge in [0.15, 0.2) is 0 Å². The van der Waals surface area contributed by atoms with Crippen molar-refractivity contribution in [3.8, 4) is 11.3 Å². The smallest absolute Gasteiger partial charge is 0.0456 e. The summed E-state index contributed by atoms with van der Waals surface area (Å²) in [5.74, 6) is 3.03. The maximum absolute atomic E-state index is 3.98. The average molecular weight is 306 g/mol. The molecule has 0 spiro atoms. The van der Waals surface area contributed by atoms with Crippen molar-refractivity contribution < 1.29 is 0 Å². The van der Waals surface area contributed by atoms with Crippen LogP contribution in [0, 0.1) is 17.8 Å². The number of H-pyrrole nitrogens is 1. The van der Waals surface area contributed by atoms with Gasteiger partial charge in [-0.05, 0) is 74.0 Å². The zero-order chi connectivity index (χ0) is 15.3. The van der Waals surface area contributed by atoms with Crippen molar-refractivity contribution in [3.05, 3.63) is 48.2 Å². The van der Waals surface area contributed by atoms with Crippen molar-refractivity contribution in [2.45, 2.75) is 50.6 Å². The summed E-state index contributed by atoms with van der Waals surface area (Å²) in [6, 6.07) is 15.1. The first kappa shape index (κ1) is 13.9. The maximum Gasteiger partial charge on any atom is 0.0456 e. The van der Waals surface area contributed by atoms with Crippen molar-refractivity contribution >= 4 is 0 Å². The molecule has 0 saturated heterocycles. The predicted molar refractivity (Wildman–Crippen MR) is 94.0 cm³/mol. The molecule has 1 aromatic heterocycles. The molecule has 2 nitrogen and oxygen atoms in total. The van der Waals surface area contributed by atoms with E-state index in [1.807, 2.05) is 0 Å². The third-order valence-corrected chi connectivity index (χ3v) is 6.52. The second-order valence-corrected chi connectivity index (χ2v) is 8.31. The second kappa shape index (κ2) is 5.24. The lowest BCUT2D eigenvalue weighted by Crippen LogP contribution is -2.58. The Morgan fingerprint density at radius 3 is 2.17 bits per heavy atom. The number of hydrogen-bond acceptors (Lipinski definition) is 1. The van der Waals surface area contributed by atoms with Crippen molar-refractivity contribution in [1.82, 2.24) is 10.3 Å². The normalized spacial score (nSPS) is 34.9. The van der Waals surface area contributed by atoms with E-state index in [0.717, 1.165) is 24.3 Å². The lowest BCUT2D eigenvalue weighted by Gasteiger charge is -2.57. The van der Waals surface area contributed by atoms with Crippen LogP contribution >= 0.6 is 0 Å². The van der Waals surface area contributed by atoms with Crippen LogP contribution in [0.4, 0.5) is 0 Å². The zero-order valence-electron chi connectivity index (χ0n) is 13.7. The first-order valence-electron chi connectivity index (χ1n) is 9.26. The van der Waals surface area contributed by atoms with Gasteiger partial charge >= 0.3 is 0 Å². The first-order valence-corrected chi connectivity index (χ1v) is 9.26. The fourth-order valence-corrected chi connectivity index (χ4v) is 5.94. The summed E-state index contributed by atoms with van der Waals surface area (Å²) < 4.78 is 0. The van der Waals surface area contributed by atoms with Crippen molar-refractivity contribution in [1.29, 1.82) is 0 Å². The topological polar surface area (TPSA) is 27.8 Å². The molecule has 4 fully saturated rings. The fraction of sp³-hybridized carbons (Fsp3) is 0.524. The third kappa shape index (κ3) is 2.53. The van der Waals surface area contributed by atoms with E-state index in [4.69, 9.17) is 0 Å². The standard InChI is InChI=1S/C21H26N2/c1-2-4-18(5-3-1)20-7-6-19(23-20)14-22-21-11-15-8-16(12-21)10-17(9-15)13-21/h1-7,15-17,22-23H,8-14H2. The molecule has 23 heavy (non-hydrogen) atoms. The van der Waals surface area contributed by atoms with Crippen LogP contribution in [0.2, 0.25) is 0 Å². The van der Waals surface area contributed by atoms with Crippen LogP contribution in [0.5, 0.6) is 0 Å². The summed E-state index contributed by atoms with van der Waals surface area (Å²) in [5.41, 5.74) is 4.27. The molecule has 1 heterocycles. The van der Waals surface area contributed by atoms with Gasteiger partial charge in [-0.1, -0.05) is 30.3 Å². The van der Waals surface area contributed by atoms with E-state index >= 15 is 0 Å². The molecule has 4 saturated carbocycles. The molecule has 120 valence electrons. The molecule has 4 aliphatic carbocycles. The monoisotopic (exact) mass is 306 g/mol. The van der Waals surface area contributed by atoms with Crippen molar-refractivity contribution in [2.75, 3.05) is 0 Å². The molecule has 0 atom stereocenters. The van der Waals surface area contributed by atoms with Crippen LogP contribution in [0.3, 0.4) is 0 Å². The van der Waals surface area contributed by atoms with Crippen LogP contribution in [0.25, 0.3) is 11.3 Å². The van der Waals surface area contributed by atoms with Gasteiger partial charge in [-0.25, -0.2) is 0 Å². The number of aromatic nitrogens is 1. The van der Waals surface area contributed by atoms with Gasteiger partial charge in [-0.15, -0.1) is 0 Å². The zero-order valence-corrected chi connectivity index (χ0v) is 13.7. The molecule has 0 unspecified atom stereocenters. The Labute approximate surface area is 138 Å². The van der Waals surface area contributed by atoms with E-state index in [-0.39, 0.29) is 0 Å². The minimum atomic E-state index is 0.451. The van der Waals surface area contributed by atoms with Gasteiger partial charge in [0, 0.05) is 23.5 Å². The molecular weight excluding hydrogens is 280 g/mol. The highest BCUT2D eigenvalue weighted by molar-refractivity contribution is 5.59. The Morgan fingerprint density at radius 1 is 0.870 bits per heavy atom. The SMILES string of the molecule is c1ccc(-c2ccc(CNC34CC5CC(CC(C5)C3)C4)[nH]2)cc1. The van der Waals surface area contributed by atoms with Gasteiger partial charge in [0.1, 0.15) is 0 Å². The number of rotatable bonds is 4. The third-order valence-electron chi connectivity index (χ3n) is 6.52. The van der Waals surface area contributed by atoms with Gasteiger partial charge < -0.3 is 10.3 Å². The van der Waals surface area contributed by atoms with Crippen LogP contribution in [-0.2, 0) is 6.54 Å². The Morgan fingerprint density at radius 2 is 1.52 bits per heavy atom. The summed E-state index contributed by atoms with van der Waals surface area (Å²) in [6.45, 7) is 0.985. The lowest BCUT2D eigenvalue weighted by atomic mass is 9.53. The molecule has 2 N–H and O–H groups in total. The minimum absolute atomic E-state index is 0.451. The number of aromatic amines is 1. The van der Waals surface area contributed by atoms with Crippen LogP contribution < -0.4 is 5.32 Å². The first-order chi connectivity index (χ1) is 11.3. The molecule has 2 aromatic rings. The van der Waals surface area contributed by atoms with Crippen molar-refractivity contribution in [3.63, 3.8) is 0 Å². The summed E-state index contributed by atoms with van der Waals surface area (Å²) >= 11 is 0. The molecule has 6 rings (SSSR count). The Hall–Kier alpha value is -1.54. The molecule has 1 aromatic carbocycles. The van der Waals surface area contributed by atoms with Crippen LogP contribution in [0.1, 0.15) is 44.2 Å². The molecule has 0 radical (unpaired) electrons. The number of nitrogens with one attached hydrogen (secondary N) is 2. The molecule has 0 aliphatic heterocycles. The predicted octanol–water partition coefficient (Wildman–Crippen LogP) is 4.74. The minimum Gasteiger partial charge on any atom is -0.357 e. The van der Waals surface area contributed by atoms with E-state index in [1.54, 1.807) is 0 Å². The molecule has 2 heteroatoms.